The summed E-state index contributed by atoms with van der Waals surface area (Å²) < 4.78 is 21.5. The number of methoxy groups -OCH3 is 2. The lowest BCUT2D eigenvalue weighted by Crippen LogP contribution is -2.17. The molecular formula is C21H24N2O5. The normalized spacial score (nSPS) is 10.4. The summed E-state index contributed by atoms with van der Waals surface area (Å²) in [6.07, 6.45) is 3.16. The van der Waals surface area contributed by atoms with Crippen LogP contribution in [-0.2, 0) is 0 Å². The molecule has 1 N–H and O–H groups in total. The number of rotatable bonds is 10. The fourth-order valence-corrected chi connectivity index (χ4v) is 2.35. The molecule has 0 fully saturated rings. The average molecular weight is 384 g/mol. The highest BCUT2D eigenvalue weighted by Gasteiger charge is 2.10. The van der Waals surface area contributed by atoms with Gasteiger partial charge in [-0.15, -0.1) is 0 Å². The molecule has 2 aromatic rings. The molecule has 0 aromatic heterocycles. The molecule has 0 saturated carbocycles. The van der Waals surface area contributed by atoms with Crippen molar-refractivity contribution in [1.82, 2.24) is 5.43 Å². The third-order valence-corrected chi connectivity index (χ3v) is 3.65. The standard InChI is InChI=1S/C21H24N2O5/c1-5-11-28-18-10-8-16(13-19(18)26-4)21(24)23-22-14-15-7-9-17(25-3)20(12-15)27-6-2/h5,7-10,12-14H,1,6,11H2,2-4H3,(H,23,24)/b22-14+. The second-order valence-electron chi connectivity index (χ2n) is 5.51. The van der Waals surface area contributed by atoms with Gasteiger partial charge in [0.15, 0.2) is 23.0 Å². The van der Waals surface area contributed by atoms with Crippen molar-refractivity contribution in [2.24, 2.45) is 5.10 Å². The second kappa shape index (κ2) is 10.6. The summed E-state index contributed by atoms with van der Waals surface area (Å²) in [5.74, 6) is 1.86. The van der Waals surface area contributed by atoms with E-state index in [9.17, 15) is 4.79 Å². The Labute approximate surface area is 164 Å². The van der Waals surface area contributed by atoms with E-state index in [0.717, 1.165) is 5.56 Å². The van der Waals surface area contributed by atoms with Crippen LogP contribution < -0.4 is 24.4 Å². The fraction of sp³-hybridized carbons (Fsp3) is 0.238. The molecule has 0 bridgehead atoms. The summed E-state index contributed by atoms with van der Waals surface area (Å²) in [5.41, 5.74) is 3.64. The third kappa shape index (κ3) is 5.51. The van der Waals surface area contributed by atoms with Gasteiger partial charge in [0, 0.05) is 5.56 Å². The molecule has 0 atom stereocenters. The first-order chi connectivity index (χ1) is 13.6. The van der Waals surface area contributed by atoms with Crippen LogP contribution in [0.2, 0.25) is 0 Å². The van der Waals surface area contributed by atoms with Gasteiger partial charge in [0.2, 0.25) is 0 Å². The van der Waals surface area contributed by atoms with Crippen molar-refractivity contribution in [1.29, 1.82) is 0 Å². The van der Waals surface area contributed by atoms with Gasteiger partial charge in [0.25, 0.3) is 5.91 Å². The van der Waals surface area contributed by atoms with Crippen LogP contribution in [0, 0.1) is 0 Å². The van der Waals surface area contributed by atoms with Gasteiger partial charge in [-0.2, -0.15) is 5.10 Å². The van der Waals surface area contributed by atoms with Crippen LogP contribution in [0.3, 0.4) is 0 Å². The quantitative estimate of drug-likeness (QED) is 0.386. The number of hydrogen-bond donors (Lipinski definition) is 1. The maximum Gasteiger partial charge on any atom is 0.271 e. The van der Waals surface area contributed by atoms with E-state index in [1.54, 1.807) is 43.5 Å². The molecule has 7 nitrogen and oxygen atoms in total. The number of benzene rings is 2. The van der Waals surface area contributed by atoms with Crippen molar-refractivity contribution in [3.05, 3.63) is 60.2 Å². The maximum absolute atomic E-state index is 12.3. The van der Waals surface area contributed by atoms with Crippen molar-refractivity contribution >= 4 is 12.1 Å². The van der Waals surface area contributed by atoms with Gasteiger partial charge in [0.05, 0.1) is 27.0 Å². The van der Waals surface area contributed by atoms with E-state index in [2.05, 4.69) is 17.1 Å². The highest BCUT2D eigenvalue weighted by Crippen LogP contribution is 2.28. The van der Waals surface area contributed by atoms with Gasteiger partial charge in [-0.1, -0.05) is 12.7 Å². The van der Waals surface area contributed by atoms with E-state index < -0.39 is 0 Å². The zero-order chi connectivity index (χ0) is 20.4. The first-order valence-corrected chi connectivity index (χ1v) is 8.68. The lowest BCUT2D eigenvalue weighted by atomic mass is 10.2. The average Bonchev–Trinajstić information content (AvgIpc) is 2.72. The van der Waals surface area contributed by atoms with Crippen LogP contribution in [0.5, 0.6) is 23.0 Å². The summed E-state index contributed by atoms with van der Waals surface area (Å²) in [4.78, 5) is 12.3. The molecule has 7 heteroatoms. The molecule has 0 saturated heterocycles. The van der Waals surface area contributed by atoms with Crippen molar-refractivity contribution in [2.45, 2.75) is 6.92 Å². The topological polar surface area (TPSA) is 78.4 Å². The highest BCUT2D eigenvalue weighted by molar-refractivity contribution is 5.95. The maximum atomic E-state index is 12.3. The van der Waals surface area contributed by atoms with E-state index in [1.165, 1.54) is 13.3 Å². The van der Waals surface area contributed by atoms with E-state index in [-0.39, 0.29) is 5.91 Å². The predicted octanol–water partition coefficient (Wildman–Crippen LogP) is 3.43. The summed E-state index contributed by atoms with van der Waals surface area (Å²) in [5, 5.41) is 4.00. The van der Waals surface area contributed by atoms with E-state index >= 15 is 0 Å². The van der Waals surface area contributed by atoms with Gasteiger partial charge in [0.1, 0.15) is 6.61 Å². The Kier molecular flexibility index (Phi) is 7.90. The Morgan fingerprint density at radius 1 is 1.04 bits per heavy atom. The summed E-state index contributed by atoms with van der Waals surface area (Å²) in [7, 11) is 3.09. The molecule has 148 valence electrons. The predicted molar refractivity (Wildman–Crippen MR) is 108 cm³/mol. The van der Waals surface area contributed by atoms with Crippen LogP contribution in [0.25, 0.3) is 0 Å². The molecule has 0 radical (unpaired) electrons. The molecule has 1 amide bonds. The summed E-state index contributed by atoms with van der Waals surface area (Å²) in [6.45, 7) is 6.35. The number of ether oxygens (including phenoxy) is 4. The first kappa shape index (κ1) is 20.8. The van der Waals surface area contributed by atoms with Gasteiger partial charge < -0.3 is 18.9 Å². The molecule has 28 heavy (non-hydrogen) atoms. The van der Waals surface area contributed by atoms with Crippen molar-refractivity contribution in [3.8, 4) is 23.0 Å². The second-order valence-corrected chi connectivity index (χ2v) is 5.51. The van der Waals surface area contributed by atoms with Gasteiger partial charge in [-0.25, -0.2) is 5.43 Å². The highest BCUT2D eigenvalue weighted by atomic mass is 16.5. The van der Waals surface area contributed by atoms with Crippen LogP contribution in [0.4, 0.5) is 0 Å². The minimum absolute atomic E-state index is 0.345. The van der Waals surface area contributed by atoms with Gasteiger partial charge >= 0.3 is 0 Å². The molecule has 0 aliphatic heterocycles. The summed E-state index contributed by atoms with van der Waals surface area (Å²) >= 11 is 0. The van der Waals surface area contributed by atoms with Crippen LogP contribution in [0.1, 0.15) is 22.8 Å². The molecule has 2 rings (SSSR count). The van der Waals surface area contributed by atoms with E-state index in [4.69, 9.17) is 18.9 Å². The van der Waals surface area contributed by atoms with Crippen LogP contribution in [-0.4, -0.2) is 39.6 Å². The molecule has 0 spiro atoms. The van der Waals surface area contributed by atoms with E-state index in [1.807, 2.05) is 13.0 Å². The minimum Gasteiger partial charge on any atom is -0.493 e. The zero-order valence-corrected chi connectivity index (χ0v) is 16.2. The lowest BCUT2D eigenvalue weighted by Gasteiger charge is -2.10. The Morgan fingerprint density at radius 3 is 2.46 bits per heavy atom. The Morgan fingerprint density at radius 2 is 1.79 bits per heavy atom. The number of nitrogens with zero attached hydrogens (tertiary/aromatic N) is 1. The van der Waals surface area contributed by atoms with Crippen molar-refractivity contribution in [3.63, 3.8) is 0 Å². The number of nitrogens with one attached hydrogen (secondary N) is 1. The monoisotopic (exact) mass is 384 g/mol. The minimum atomic E-state index is -0.372. The molecule has 2 aromatic carbocycles. The zero-order valence-electron chi connectivity index (χ0n) is 16.2. The van der Waals surface area contributed by atoms with Gasteiger partial charge in [-0.05, 0) is 48.9 Å². The fourth-order valence-electron chi connectivity index (χ4n) is 2.35. The number of hydrogen-bond acceptors (Lipinski definition) is 6. The lowest BCUT2D eigenvalue weighted by molar-refractivity contribution is 0.0954. The molecule has 0 aliphatic rings. The molecule has 0 heterocycles. The van der Waals surface area contributed by atoms with Crippen LogP contribution >= 0.6 is 0 Å². The molecular weight excluding hydrogens is 360 g/mol. The Hall–Kier alpha value is -3.48. The Bertz CT molecular complexity index is 849. The summed E-state index contributed by atoms with van der Waals surface area (Å²) in [6, 6.07) is 10.3. The number of hydrazone groups is 1. The first-order valence-electron chi connectivity index (χ1n) is 8.68. The van der Waals surface area contributed by atoms with E-state index in [0.29, 0.717) is 41.8 Å². The third-order valence-electron chi connectivity index (χ3n) is 3.65. The van der Waals surface area contributed by atoms with Gasteiger partial charge in [-0.3, -0.25) is 4.79 Å². The van der Waals surface area contributed by atoms with Crippen molar-refractivity contribution in [2.75, 3.05) is 27.4 Å². The number of amides is 1. The van der Waals surface area contributed by atoms with Crippen molar-refractivity contribution < 1.29 is 23.7 Å². The Balaban J connectivity index is 2.07. The number of carbonyl (C=O) groups is 1. The molecule has 0 aliphatic carbocycles. The molecule has 0 unspecified atom stereocenters. The smallest absolute Gasteiger partial charge is 0.271 e. The number of carbonyl (C=O) groups excluding carboxylic acids is 1. The SMILES string of the molecule is C=CCOc1ccc(C(=O)N/N=C/c2ccc(OC)c(OCC)c2)cc1OC. The largest absolute Gasteiger partial charge is 0.493 e. The van der Waals surface area contributed by atoms with Crippen LogP contribution in [0.15, 0.2) is 54.2 Å².